The molecular formula is C21H24ClN3O3. The van der Waals surface area contributed by atoms with Crippen LogP contribution < -0.4 is 10.6 Å². The molecule has 0 radical (unpaired) electrons. The molecule has 1 aliphatic heterocycles. The van der Waals surface area contributed by atoms with Crippen molar-refractivity contribution in [1.29, 1.82) is 0 Å². The molecule has 0 saturated carbocycles. The highest BCUT2D eigenvalue weighted by Crippen LogP contribution is 2.20. The summed E-state index contributed by atoms with van der Waals surface area (Å²) in [5, 5.41) is 6.47. The molecule has 1 heterocycles. The first-order valence-electron chi connectivity index (χ1n) is 9.24. The van der Waals surface area contributed by atoms with E-state index in [9.17, 15) is 9.59 Å². The number of hydrogen-bond donors (Lipinski definition) is 2. The third kappa shape index (κ3) is 6.05. The van der Waals surface area contributed by atoms with Gasteiger partial charge < -0.3 is 15.4 Å². The van der Waals surface area contributed by atoms with Crippen molar-refractivity contribution in [1.82, 2.24) is 4.90 Å². The van der Waals surface area contributed by atoms with Gasteiger partial charge in [0.2, 0.25) is 11.8 Å². The number of rotatable bonds is 6. The summed E-state index contributed by atoms with van der Waals surface area (Å²) in [6, 6.07) is 12.7. The van der Waals surface area contributed by atoms with Gasteiger partial charge in [0.05, 0.1) is 26.2 Å². The van der Waals surface area contributed by atoms with Crippen LogP contribution in [0.2, 0.25) is 5.02 Å². The number of benzene rings is 2. The summed E-state index contributed by atoms with van der Waals surface area (Å²) >= 11 is 5.86. The molecule has 2 aromatic carbocycles. The van der Waals surface area contributed by atoms with Crippen LogP contribution in [0.15, 0.2) is 42.5 Å². The highest BCUT2D eigenvalue weighted by molar-refractivity contribution is 6.30. The van der Waals surface area contributed by atoms with Gasteiger partial charge in [-0.05, 0) is 48.4 Å². The summed E-state index contributed by atoms with van der Waals surface area (Å²) in [4.78, 5) is 26.6. The van der Waals surface area contributed by atoms with Gasteiger partial charge in [-0.25, -0.2) is 0 Å². The summed E-state index contributed by atoms with van der Waals surface area (Å²) in [7, 11) is 0. The molecule has 2 aromatic rings. The number of halogens is 1. The number of nitrogens with one attached hydrogen (secondary N) is 2. The maximum Gasteiger partial charge on any atom is 0.238 e. The Bertz CT molecular complexity index is 833. The van der Waals surface area contributed by atoms with Crippen LogP contribution in [-0.4, -0.2) is 49.6 Å². The smallest absolute Gasteiger partial charge is 0.238 e. The van der Waals surface area contributed by atoms with Gasteiger partial charge >= 0.3 is 0 Å². The standard InChI is InChI=1S/C21H24ClN3O3/c1-15-12-18(23-20(26)13-16-2-4-17(22)5-3-16)6-7-19(15)24-21(27)14-25-8-10-28-11-9-25/h2-7,12H,8-11,13-14H2,1H3,(H,23,26)(H,24,27). The number of hydrogen-bond acceptors (Lipinski definition) is 4. The summed E-state index contributed by atoms with van der Waals surface area (Å²) in [6.07, 6.45) is 0.272. The van der Waals surface area contributed by atoms with E-state index in [1.165, 1.54) is 0 Å². The molecule has 0 spiro atoms. The monoisotopic (exact) mass is 401 g/mol. The van der Waals surface area contributed by atoms with E-state index in [2.05, 4.69) is 15.5 Å². The topological polar surface area (TPSA) is 70.7 Å². The molecule has 0 aromatic heterocycles. The highest BCUT2D eigenvalue weighted by Gasteiger charge is 2.15. The Kier molecular flexibility index (Phi) is 7.03. The molecule has 0 atom stereocenters. The molecule has 1 aliphatic rings. The maximum absolute atomic E-state index is 12.3. The molecule has 2 amide bonds. The number of morpholine rings is 1. The summed E-state index contributed by atoms with van der Waals surface area (Å²) in [5.41, 5.74) is 3.22. The van der Waals surface area contributed by atoms with E-state index in [1.54, 1.807) is 18.2 Å². The van der Waals surface area contributed by atoms with Crippen LogP contribution in [0.4, 0.5) is 11.4 Å². The van der Waals surface area contributed by atoms with Crippen molar-refractivity contribution in [3.05, 3.63) is 58.6 Å². The van der Waals surface area contributed by atoms with Crippen LogP contribution in [0.1, 0.15) is 11.1 Å². The minimum atomic E-state index is -0.106. The third-order valence-corrected chi connectivity index (χ3v) is 4.79. The number of carbonyl (C=O) groups excluding carboxylic acids is 2. The lowest BCUT2D eigenvalue weighted by Crippen LogP contribution is -2.41. The molecule has 0 unspecified atom stereocenters. The molecule has 6 nitrogen and oxygen atoms in total. The quantitative estimate of drug-likeness (QED) is 0.780. The van der Waals surface area contributed by atoms with E-state index in [-0.39, 0.29) is 18.2 Å². The van der Waals surface area contributed by atoms with Crippen molar-refractivity contribution in [2.24, 2.45) is 0 Å². The zero-order valence-electron chi connectivity index (χ0n) is 15.8. The average molecular weight is 402 g/mol. The van der Waals surface area contributed by atoms with Gasteiger partial charge in [-0.1, -0.05) is 23.7 Å². The zero-order valence-corrected chi connectivity index (χ0v) is 16.6. The molecule has 28 heavy (non-hydrogen) atoms. The lowest BCUT2D eigenvalue weighted by molar-refractivity contribution is -0.118. The predicted molar refractivity (Wildman–Crippen MR) is 111 cm³/mol. The van der Waals surface area contributed by atoms with E-state index in [0.717, 1.165) is 29.9 Å². The first-order chi connectivity index (χ1) is 13.5. The second-order valence-electron chi connectivity index (χ2n) is 6.82. The van der Waals surface area contributed by atoms with Crippen molar-refractivity contribution in [3.63, 3.8) is 0 Å². The Labute approximate surface area is 169 Å². The summed E-state index contributed by atoms with van der Waals surface area (Å²) in [6.45, 7) is 5.12. The van der Waals surface area contributed by atoms with Crippen molar-refractivity contribution in [2.45, 2.75) is 13.3 Å². The lowest BCUT2D eigenvalue weighted by atomic mass is 10.1. The Morgan fingerprint density at radius 2 is 1.75 bits per heavy atom. The van der Waals surface area contributed by atoms with Crippen LogP contribution in [0, 0.1) is 6.92 Å². The van der Waals surface area contributed by atoms with Crippen LogP contribution >= 0.6 is 11.6 Å². The number of ether oxygens (including phenoxy) is 1. The molecule has 148 valence electrons. The fourth-order valence-corrected chi connectivity index (χ4v) is 3.15. The third-order valence-electron chi connectivity index (χ3n) is 4.53. The van der Waals surface area contributed by atoms with Gasteiger partial charge in [-0.2, -0.15) is 0 Å². The number of nitrogens with zero attached hydrogens (tertiary/aromatic N) is 1. The Morgan fingerprint density at radius 1 is 1.04 bits per heavy atom. The molecule has 0 aliphatic carbocycles. The zero-order chi connectivity index (χ0) is 19.9. The average Bonchev–Trinajstić information content (AvgIpc) is 2.66. The van der Waals surface area contributed by atoms with Crippen LogP contribution in [0.25, 0.3) is 0 Å². The van der Waals surface area contributed by atoms with Crippen LogP contribution in [-0.2, 0) is 20.7 Å². The van der Waals surface area contributed by atoms with Crippen molar-refractivity contribution < 1.29 is 14.3 Å². The molecular weight excluding hydrogens is 378 g/mol. The van der Waals surface area contributed by atoms with Gasteiger partial charge in [0.1, 0.15) is 0 Å². The molecule has 0 bridgehead atoms. The van der Waals surface area contributed by atoms with Gasteiger partial charge in [0.15, 0.2) is 0 Å². The minimum absolute atomic E-state index is 0.0514. The maximum atomic E-state index is 12.3. The van der Waals surface area contributed by atoms with Crippen molar-refractivity contribution in [2.75, 3.05) is 43.5 Å². The van der Waals surface area contributed by atoms with Gasteiger partial charge in [0.25, 0.3) is 0 Å². The van der Waals surface area contributed by atoms with E-state index in [0.29, 0.717) is 30.5 Å². The molecule has 3 rings (SSSR count). The summed E-state index contributed by atoms with van der Waals surface area (Å²) in [5.74, 6) is -0.157. The van der Waals surface area contributed by atoms with E-state index >= 15 is 0 Å². The fraction of sp³-hybridized carbons (Fsp3) is 0.333. The molecule has 2 N–H and O–H groups in total. The molecule has 1 fully saturated rings. The van der Waals surface area contributed by atoms with Gasteiger partial charge in [-0.3, -0.25) is 14.5 Å². The molecule has 1 saturated heterocycles. The highest BCUT2D eigenvalue weighted by atomic mass is 35.5. The van der Waals surface area contributed by atoms with Crippen LogP contribution in [0.5, 0.6) is 0 Å². The minimum Gasteiger partial charge on any atom is -0.379 e. The van der Waals surface area contributed by atoms with Crippen molar-refractivity contribution in [3.8, 4) is 0 Å². The lowest BCUT2D eigenvalue weighted by Gasteiger charge is -2.25. The number of carbonyl (C=O) groups is 2. The largest absolute Gasteiger partial charge is 0.379 e. The van der Waals surface area contributed by atoms with E-state index < -0.39 is 0 Å². The Morgan fingerprint density at radius 3 is 2.43 bits per heavy atom. The Hall–Kier alpha value is -2.41. The molecule has 7 heteroatoms. The summed E-state index contributed by atoms with van der Waals surface area (Å²) < 4.78 is 5.29. The first-order valence-corrected chi connectivity index (χ1v) is 9.62. The van der Waals surface area contributed by atoms with Gasteiger partial charge in [0, 0.05) is 29.5 Å². The Balaban J connectivity index is 1.53. The number of amides is 2. The van der Waals surface area contributed by atoms with E-state index in [4.69, 9.17) is 16.3 Å². The van der Waals surface area contributed by atoms with E-state index in [1.807, 2.05) is 31.2 Å². The fourth-order valence-electron chi connectivity index (χ4n) is 3.03. The second-order valence-corrected chi connectivity index (χ2v) is 7.25. The number of aryl methyl sites for hydroxylation is 1. The number of anilines is 2. The first kappa shape index (κ1) is 20.3. The van der Waals surface area contributed by atoms with Crippen molar-refractivity contribution >= 4 is 34.8 Å². The second kappa shape index (κ2) is 9.68. The van der Waals surface area contributed by atoms with Gasteiger partial charge in [-0.15, -0.1) is 0 Å². The van der Waals surface area contributed by atoms with Crippen LogP contribution in [0.3, 0.4) is 0 Å². The normalized spacial score (nSPS) is 14.5. The SMILES string of the molecule is Cc1cc(NC(=O)Cc2ccc(Cl)cc2)ccc1NC(=O)CN1CCOCC1. The predicted octanol–water partition coefficient (Wildman–Crippen LogP) is 3.10.